The lowest BCUT2D eigenvalue weighted by Gasteiger charge is -2.30. The minimum Gasteiger partial charge on any atom is -0.483 e. The molecule has 0 unspecified atom stereocenters. The minimum atomic E-state index is -0.749. The number of nitrogens with zero attached hydrogens (tertiary/aromatic N) is 3. The minimum absolute atomic E-state index is 0.659. The van der Waals surface area contributed by atoms with Gasteiger partial charge in [-0.3, -0.25) is 15.0 Å². The molecule has 0 spiro atoms. The molecule has 10 rings (SSSR count). The number of benzene rings is 7. The zero-order valence-corrected chi connectivity index (χ0v) is 38.7. The number of hydrogen-bond acceptors (Lipinski definition) is 5. The van der Waals surface area contributed by atoms with E-state index in [-0.39, 0.29) is 0 Å². The molecule has 7 aromatic carbocycles. The van der Waals surface area contributed by atoms with Crippen LogP contribution in [0.15, 0.2) is 237 Å². The van der Waals surface area contributed by atoms with Gasteiger partial charge in [-0.25, -0.2) is 0 Å². The van der Waals surface area contributed by atoms with Gasteiger partial charge in [0.25, 0.3) is 0 Å². The van der Waals surface area contributed by atoms with Gasteiger partial charge in [0.1, 0.15) is 22.7 Å². The van der Waals surface area contributed by atoms with Crippen molar-refractivity contribution < 1.29 is 9.47 Å². The van der Waals surface area contributed by atoms with Crippen molar-refractivity contribution >= 4 is 0 Å². The number of aromatic nitrogens is 3. The van der Waals surface area contributed by atoms with E-state index in [1.165, 1.54) is 5.56 Å². The van der Waals surface area contributed by atoms with Crippen LogP contribution in [0.3, 0.4) is 0 Å². The molecule has 330 valence electrons. The summed E-state index contributed by atoms with van der Waals surface area (Å²) in [6, 6.07) is 75.4. The van der Waals surface area contributed by atoms with Crippen LogP contribution in [0.25, 0.3) is 78.3 Å². The summed E-state index contributed by atoms with van der Waals surface area (Å²) in [5, 5.41) is 0. The van der Waals surface area contributed by atoms with Crippen molar-refractivity contribution in [3.63, 3.8) is 0 Å². The van der Waals surface area contributed by atoms with Gasteiger partial charge >= 0.3 is 0 Å². The Labute approximate surface area is 399 Å². The van der Waals surface area contributed by atoms with Crippen molar-refractivity contribution in [3.05, 3.63) is 248 Å². The van der Waals surface area contributed by atoms with Crippen molar-refractivity contribution in [2.75, 3.05) is 0 Å². The van der Waals surface area contributed by atoms with Crippen molar-refractivity contribution in [2.24, 2.45) is 0 Å². The van der Waals surface area contributed by atoms with E-state index >= 15 is 0 Å². The van der Waals surface area contributed by atoms with Crippen LogP contribution in [0.2, 0.25) is 0 Å². The number of rotatable bonds is 13. The SMILES string of the molecule is CC(C)(Oc1cc(OC(C)(C)c2ccc(-c3ccccc3)nc2)cc(-c2ccccc2-c2cnc(-c3ccccc3)cc2-c2ccc(-c3ccccc3)cc2)c1)c1ccc(-c2ccccc2)nc1. The smallest absolute Gasteiger partial charge is 0.130 e. The van der Waals surface area contributed by atoms with E-state index in [4.69, 9.17) is 24.4 Å². The van der Waals surface area contributed by atoms with E-state index in [1.54, 1.807) is 0 Å². The average molecular weight is 882 g/mol. The summed E-state index contributed by atoms with van der Waals surface area (Å²) in [5.74, 6) is 1.32. The Morgan fingerprint density at radius 1 is 0.279 bits per heavy atom. The van der Waals surface area contributed by atoms with Gasteiger partial charge in [0.15, 0.2) is 0 Å². The molecule has 3 aromatic heterocycles. The Bertz CT molecular complexity index is 3170. The summed E-state index contributed by atoms with van der Waals surface area (Å²) in [5.41, 5.74) is 14.8. The summed E-state index contributed by atoms with van der Waals surface area (Å²) < 4.78 is 14.1. The first-order valence-corrected chi connectivity index (χ1v) is 23.1. The Balaban J connectivity index is 1.06. The Morgan fingerprint density at radius 3 is 1.15 bits per heavy atom. The van der Waals surface area contributed by atoms with E-state index in [0.29, 0.717) is 11.5 Å². The van der Waals surface area contributed by atoms with E-state index in [0.717, 1.165) is 83.8 Å². The molecule has 0 aliphatic heterocycles. The molecule has 0 radical (unpaired) electrons. The van der Waals surface area contributed by atoms with Gasteiger partial charge in [-0.05, 0) is 97.0 Å². The first-order chi connectivity index (χ1) is 33.2. The predicted octanol–water partition coefficient (Wildman–Crippen LogP) is 16.2. The van der Waals surface area contributed by atoms with Crippen molar-refractivity contribution in [2.45, 2.75) is 38.9 Å². The third-order valence-electron chi connectivity index (χ3n) is 12.5. The molecular weight excluding hydrogens is 831 g/mol. The van der Waals surface area contributed by atoms with E-state index in [1.807, 2.05) is 73.2 Å². The van der Waals surface area contributed by atoms with Crippen LogP contribution in [0, 0.1) is 0 Å². The number of ether oxygens (including phenoxy) is 2. The fraction of sp³-hybridized carbons (Fsp3) is 0.0952. The molecule has 5 heteroatoms. The Hall–Kier alpha value is -8.41. The van der Waals surface area contributed by atoms with Crippen molar-refractivity contribution in [1.29, 1.82) is 0 Å². The summed E-state index contributed by atoms with van der Waals surface area (Å²) in [4.78, 5) is 14.8. The molecule has 68 heavy (non-hydrogen) atoms. The van der Waals surface area contributed by atoms with E-state index in [9.17, 15) is 0 Å². The molecule has 10 aromatic rings. The van der Waals surface area contributed by atoms with Gasteiger partial charge in [0, 0.05) is 58.0 Å². The van der Waals surface area contributed by atoms with Crippen LogP contribution in [0.1, 0.15) is 38.8 Å². The Morgan fingerprint density at radius 2 is 0.676 bits per heavy atom. The van der Waals surface area contributed by atoms with Crippen molar-refractivity contribution in [1.82, 2.24) is 15.0 Å². The molecule has 0 saturated heterocycles. The van der Waals surface area contributed by atoms with Crippen LogP contribution in [0.4, 0.5) is 0 Å². The fourth-order valence-corrected chi connectivity index (χ4v) is 8.73. The lowest BCUT2D eigenvalue weighted by Crippen LogP contribution is -2.26. The van der Waals surface area contributed by atoms with Crippen LogP contribution in [0.5, 0.6) is 11.5 Å². The summed E-state index contributed by atoms with van der Waals surface area (Å²) >= 11 is 0. The Kier molecular flexibility index (Phi) is 12.0. The third kappa shape index (κ3) is 9.46. The second-order valence-corrected chi connectivity index (χ2v) is 18.0. The topological polar surface area (TPSA) is 57.1 Å². The molecule has 0 aliphatic rings. The second-order valence-electron chi connectivity index (χ2n) is 18.0. The highest BCUT2D eigenvalue weighted by Crippen LogP contribution is 2.43. The number of hydrogen-bond donors (Lipinski definition) is 0. The standard InChI is InChI=1S/C63H51N3O2/c1-62(2,51-33-35-59(64-41-51)47-21-11-6-12-22-47)67-53-37-50(38-54(39-53)68-63(3,4)52-34-36-60(65-42-52)48-23-13-7-14-24-48)55-27-17-18-28-56(55)58-43-66-61(49-25-15-8-16-26-49)40-57(58)46-31-29-45(30-32-46)44-19-9-5-10-20-44/h5-43H,1-4H3. The fourth-order valence-electron chi connectivity index (χ4n) is 8.73. The van der Waals surface area contributed by atoms with Gasteiger partial charge in [0.05, 0.1) is 17.1 Å². The molecule has 3 heterocycles. The molecule has 0 atom stereocenters. The van der Waals surface area contributed by atoms with Gasteiger partial charge in [0.2, 0.25) is 0 Å². The van der Waals surface area contributed by atoms with Crippen LogP contribution in [-0.4, -0.2) is 15.0 Å². The molecule has 0 fully saturated rings. The quantitative estimate of drug-likeness (QED) is 0.115. The molecule has 0 bridgehead atoms. The predicted molar refractivity (Wildman–Crippen MR) is 278 cm³/mol. The van der Waals surface area contributed by atoms with Crippen LogP contribution in [-0.2, 0) is 11.2 Å². The monoisotopic (exact) mass is 881 g/mol. The summed E-state index contributed by atoms with van der Waals surface area (Å²) in [6.45, 7) is 8.30. The van der Waals surface area contributed by atoms with Gasteiger partial charge < -0.3 is 9.47 Å². The first-order valence-electron chi connectivity index (χ1n) is 23.1. The molecule has 0 aliphatic carbocycles. The van der Waals surface area contributed by atoms with Crippen LogP contribution < -0.4 is 9.47 Å². The molecule has 0 saturated carbocycles. The van der Waals surface area contributed by atoms with E-state index < -0.39 is 11.2 Å². The maximum Gasteiger partial charge on any atom is 0.130 e. The van der Waals surface area contributed by atoms with Crippen molar-refractivity contribution in [3.8, 4) is 89.8 Å². The van der Waals surface area contributed by atoms with Gasteiger partial charge in [-0.15, -0.1) is 0 Å². The highest BCUT2D eigenvalue weighted by molar-refractivity contribution is 5.93. The number of pyridine rings is 3. The molecule has 0 amide bonds. The first kappa shape index (κ1) is 43.5. The lowest BCUT2D eigenvalue weighted by atomic mass is 9.89. The van der Waals surface area contributed by atoms with Gasteiger partial charge in [-0.2, -0.15) is 0 Å². The van der Waals surface area contributed by atoms with Gasteiger partial charge in [-0.1, -0.05) is 182 Å². The lowest BCUT2D eigenvalue weighted by molar-refractivity contribution is 0.0989. The highest BCUT2D eigenvalue weighted by Gasteiger charge is 2.28. The largest absolute Gasteiger partial charge is 0.483 e. The second kappa shape index (κ2) is 18.8. The zero-order valence-electron chi connectivity index (χ0n) is 38.7. The summed E-state index contributed by atoms with van der Waals surface area (Å²) in [7, 11) is 0. The maximum atomic E-state index is 7.03. The normalized spacial score (nSPS) is 11.5. The highest BCUT2D eigenvalue weighted by atomic mass is 16.5. The maximum absolute atomic E-state index is 7.03. The molecular formula is C63H51N3O2. The average Bonchev–Trinajstić information content (AvgIpc) is 3.39. The van der Waals surface area contributed by atoms with E-state index in [2.05, 4.69) is 191 Å². The van der Waals surface area contributed by atoms with Crippen LogP contribution >= 0.6 is 0 Å². The third-order valence-corrected chi connectivity index (χ3v) is 12.5. The zero-order chi connectivity index (χ0) is 46.5. The molecule has 5 nitrogen and oxygen atoms in total. The summed E-state index contributed by atoms with van der Waals surface area (Å²) in [6.07, 6.45) is 5.84. The molecule has 0 N–H and O–H groups in total.